The van der Waals surface area contributed by atoms with Gasteiger partial charge >= 0.3 is 5.97 Å². The van der Waals surface area contributed by atoms with E-state index in [4.69, 9.17) is 14.7 Å². The number of hydrogen-bond donors (Lipinski definition) is 0. The van der Waals surface area contributed by atoms with Gasteiger partial charge in [-0.3, -0.25) is 4.79 Å². The summed E-state index contributed by atoms with van der Waals surface area (Å²) in [6, 6.07) is 7.61. The fraction of sp³-hybridized carbons (Fsp3) is 0.500. The first-order valence-corrected chi connectivity index (χ1v) is 7.98. The summed E-state index contributed by atoms with van der Waals surface area (Å²) in [6.45, 7) is 4.00. The van der Waals surface area contributed by atoms with Gasteiger partial charge < -0.3 is 14.2 Å². The predicted octanol–water partition coefficient (Wildman–Crippen LogP) is 3.59. The normalized spacial score (nSPS) is 10.5. The molecular formula is C16H23NO4S. The van der Waals surface area contributed by atoms with Crippen molar-refractivity contribution in [2.75, 3.05) is 27.1 Å². The van der Waals surface area contributed by atoms with Crippen LogP contribution in [-0.2, 0) is 9.53 Å². The van der Waals surface area contributed by atoms with Crippen molar-refractivity contribution in [3.8, 4) is 17.6 Å². The molecule has 1 rings (SSSR count). The van der Waals surface area contributed by atoms with Gasteiger partial charge in [0.2, 0.25) is 0 Å². The van der Waals surface area contributed by atoms with Crippen LogP contribution in [0, 0.1) is 11.3 Å². The van der Waals surface area contributed by atoms with Gasteiger partial charge in [0.25, 0.3) is 0 Å². The van der Waals surface area contributed by atoms with Crippen LogP contribution in [0.5, 0.6) is 11.5 Å². The maximum atomic E-state index is 11.2. The summed E-state index contributed by atoms with van der Waals surface area (Å²) >= 11 is 1.37. The third-order valence-corrected chi connectivity index (χ3v) is 3.93. The van der Waals surface area contributed by atoms with Gasteiger partial charge in [-0.2, -0.15) is 5.26 Å². The molecule has 0 radical (unpaired) electrons. The highest BCUT2D eigenvalue weighted by molar-refractivity contribution is 8.00. The minimum Gasteiger partial charge on any atom is -0.493 e. The number of hydrogen-bond acceptors (Lipinski definition) is 6. The highest BCUT2D eigenvalue weighted by Gasteiger charge is 2.16. The van der Waals surface area contributed by atoms with Crippen molar-refractivity contribution in [2.45, 2.75) is 25.5 Å². The fourth-order valence-corrected chi connectivity index (χ4v) is 2.62. The highest BCUT2D eigenvalue weighted by Crippen LogP contribution is 2.37. The van der Waals surface area contributed by atoms with Crippen molar-refractivity contribution in [1.82, 2.24) is 0 Å². The monoisotopic (exact) mass is 325 g/mol. The predicted molar refractivity (Wildman–Crippen MR) is 88.3 cm³/mol. The van der Waals surface area contributed by atoms with Crippen LogP contribution in [0.3, 0.4) is 0 Å². The summed E-state index contributed by atoms with van der Waals surface area (Å²) in [7, 11) is 4.47. The summed E-state index contributed by atoms with van der Waals surface area (Å²) in [5, 5.41) is 8.80. The first-order valence-electron chi connectivity index (χ1n) is 6.93. The first-order chi connectivity index (χ1) is 10.7. The quantitative estimate of drug-likeness (QED) is 0.714. The number of thioether (sulfide) groups is 1. The van der Waals surface area contributed by atoms with Gasteiger partial charge in [-0.1, -0.05) is 19.9 Å². The van der Waals surface area contributed by atoms with Crippen LogP contribution in [0.15, 0.2) is 18.2 Å². The van der Waals surface area contributed by atoms with E-state index in [1.807, 2.05) is 26.0 Å². The summed E-state index contributed by atoms with van der Waals surface area (Å²) in [6.07, 6.45) is 0.303. The Kier molecular flexibility index (Phi) is 10.8. The summed E-state index contributed by atoms with van der Waals surface area (Å²) in [5.41, 5.74) is 0.915. The number of nitrogens with zero attached hydrogens (tertiary/aromatic N) is 1. The van der Waals surface area contributed by atoms with Crippen LogP contribution in [-0.4, -0.2) is 33.1 Å². The molecule has 0 saturated carbocycles. The number of carbonyl (C=O) groups excluding carboxylic acids is 1. The van der Waals surface area contributed by atoms with Crippen molar-refractivity contribution in [1.29, 1.82) is 5.26 Å². The smallest absolute Gasteiger partial charge is 0.315 e. The maximum absolute atomic E-state index is 11.2. The van der Waals surface area contributed by atoms with E-state index in [2.05, 4.69) is 10.8 Å². The molecule has 0 amide bonds. The molecule has 6 heteroatoms. The van der Waals surface area contributed by atoms with E-state index in [-0.39, 0.29) is 17.0 Å². The van der Waals surface area contributed by atoms with Crippen LogP contribution < -0.4 is 9.47 Å². The van der Waals surface area contributed by atoms with Gasteiger partial charge in [0, 0.05) is 5.25 Å². The number of nitriles is 1. The third kappa shape index (κ3) is 6.27. The molecule has 0 aromatic heterocycles. The van der Waals surface area contributed by atoms with Gasteiger partial charge in [0.1, 0.15) is 0 Å². The van der Waals surface area contributed by atoms with Gasteiger partial charge in [-0.15, -0.1) is 11.8 Å². The lowest BCUT2D eigenvalue weighted by atomic mass is 10.1. The van der Waals surface area contributed by atoms with Gasteiger partial charge in [0.15, 0.2) is 11.5 Å². The van der Waals surface area contributed by atoms with E-state index < -0.39 is 0 Å². The Hall–Kier alpha value is -1.87. The van der Waals surface area contributed by atoms with Crippen LogP contribution in [0.2, 0.25) is 0 Å². The molecule has 0 spiro atoms. The molecule has 0 saturated heterocycles. The van der Waals surface area contributed by atoms with E-state index in [1.165, 1.54) is 18.9 Å². The van der Waals surface area contributed by atoms with Crippen molar-refractivity contribution < 1.29 is 19.0 Å². The van der Waals surface area contributed by atoms with Gasteiger partial charge in [-0.05, 0) is 17.7 Å². The van der Waals surface area contributed by atoms with Crippen molar-refractivity contribution >= 4 is 17.7 Å². The molecule has 0 fully saturated rings. The van der Waals surface area contributed by atoms with Gasteiger partial charge in [0.05, 0.1) is 39.6 Å². The SMILES string of the molecule is CC.COC(=O)CSC(CC#N)c1ccc(OC)c(OC)c1. The topological polar surface area (TPSA) is 68.6 Å². The zero-order chi connectivity index (χ0) is 17.0. The Morgan fingerprint density at radius 1 is 1.23 bits per heavy atom. The molecule has 122 valence electrons. The van der Waals surface area contributed by atoms with E-state index in [0.29, 0.717) is 17.9 Å². The fourth-order valence-electron chi connectivity index (χ4n) is 1.64. The van der Waals surface area contributed by atoms with Crippen molar-refractivity contribution in [3.05, 3.63) is 23.8 Å². The van der Waals surface area contributed by atoms with Crippen molar-refractivity contribution in [3.63, 3.8) is 0 Å². The van der Waals surface area contributed by atoms with Crippen LogP contribution in [0.4, 0.5) is 0 Å². The molecule has 0 aliphatic carbocycles. The third-order valence-electron chi connectivity index (χ3n) is 2.69. The summed E-state index contributed by atoms with van der Waals surface area (Å²) in [4.78, 5) is 11.2. The summed E-state index contributed by atoms with van der Waals surface area (Å²) in [5.74, 6) is 1.13. The minimum atomic E-state index is -0.307. The molecular weight excluding hydrogens is 302 g/mol. The number of benzene rings is 1. The van der Waals surface area contributed by atoms with Crippen LogP contribution in [0.25, 0.3) is 0 Å². The lowest BCUT2D eigenvalue weighted by Gasteiger charge is -2.15. The van der Waals surface area contributed by atoms with Crippen molar-refractivity contribution in [2.24, 2.45) is 0 Å². The Balaban J connectivity index is 0.00000211. The summed E-state index contributed by atoms with van der Waals surface area (Å²) < 4.78 is 15.0. The van der Waals surface area contributed by atoms with Crippen LogP contribution in [0.1, 0.15) is 31.1 Å². The Bertz CT molecular complexity index is 499. The average Bonchev–Trinajstić information content (AvgIpc) is 2.59. The number of carbonyl (C=O) groups is 1. The molecule has 0 heterocycles. The molecule has 1 unspecified atom stereocenters. The zero-order valence-corrected chi connectivity index (χ0v) is 14.5. The van der Waals surface area contributed by atoms with E-state index in [9.17, 15) is 4.79 Å². The second-order valence-electron chi connectivity index (χ2n) is 3.85. The largest absolute Gasteiger partial charge is 0.493 e. The average molecular weight is 325 g/mol. The number of rotatable bonds is 7. The second-order valence-corrected chi connectivity index (χ2v) is 5.04. The molecule has 22 heavy (non-hydrogen) atoms. The number of methoxy groups -OCH3 is 3. The van der Waals surface area contributed by atoms with E-state index in [0.717, 1.165) is 5.56 Å². The maximum Gasteiger partial charge on any atom is 0.315 e. The molecule has 0 N–H and O–H groups in total. The second kappa shape index (κ2) is 11.8. The lowest BCUT2D eigenvalue weighted by Crippen LogP contribution is -2.06. The minimum absolute atomic E-state index is 0.112. The number of ether oxygens (including phenoxy) is 3. The molecule has 1 aromatic carbocycles. The standard InChI is InChI=1S/C14H17NO4S.C2H6/c1-17-11-5-4-10(8-12(11)18-2)13(6-7-15)20-9-14(16)19-3;1-2/h4-5,8,13H,6,9H2,1-3H3;1-2H3. The molecule has 5 nitrogen and oxygen atoms in total. The molecule has 0 aliphatic heterocycles. The molecule has 1 aromatic rings. The molecule has 1 atom stereocenters. The lowest BCUT2D eigenvalue weighted by molar-refractivity contribution is -0.137. The van der Waals surface area contributed by atoms with Gasteiger partial charge in [-0.25, -0.2) is 0 Å². The number of esters is 1. The van der Waals surface area contributed by atoms with E-state index in [1.54, 1.807) is 20.3 Å². The Morgan fingerprint density at radius 3 is 2.36 bits per heavy atom. The zero-order valence-electron chi connectivity index (χ0n) is 13.7. The molecule has 0 bridgehead atoms. The Labute approximate surface area is 136 Å². The van der Waals surface area contributed by atoms with E-state index >= 15 is 0 Å². The first kappa shape index (κ1) is 20.1. The highest BCUT2D eigenvalue weighted by atomic mass is 32.2. The molecule has 0 aliphatic rings. The van der Waals surface area contributed by atoms with Crippen LogP contribution >= 0.6 is 11.8 Å². The Morgan fingerprint density at radius 2 is 1.86 bits per heavy atom.